The first-order chi connectivity index (χ1) is 8.95. The van der Waals surface area contributed by atoms with E-state index < -0.39 is 0 Å². The molecule has 3 nitrogen and oxygen atoms in total. The third-order valence-electron chi connectivity index (χ3n) is 2.77. The molecule has 0 bridgehead atoms. The van der Waals surface area contributed by atoms with Crippen LogP contribution in [0.1, 0.15) is 36.2 Å². The Morgan fingerprint density at radius 3 is 2.68 bits per heavy atom. The molecular formula is C15H19ClN2O. The number of rotatable bonds is 5. The predicted octanol–water partition coefficient (Wildman–Crippen LogP) is 3.66. The summed E-state index contributed by atoms with van der Waals surface area (Å²) < 4.78 is 0. The largest absolute Gasteiger partial charge is 0.337 e. The van der Waals surface area contributed by atoms with Crippen molar-refractivity contribution >= 4 is 17.5 Å². The number of benzene rings is 1. The number of halogens is 1. The number of carbonyl (C=O) groups excluding carboxylic acids is 1. The second-order valence-electron chi connectivity index (χ2n) is 5.02. The first kappa shape index (κ1) is 15.5. The van der Waals surface area contributed by atoms with E-state index in [0.29, 0.717) is 36.0 Å². The molecule has 102 valence electrons. The predicted molar refractivity (Wildman–Crippen MR) is 77.2 cm³/mol. The van der Waals surface area contributed by atoms with Gasteiger partial charge in [0.25, 0.3) is 5.91 Å². The lowest BCUT2D eigenvalue weighted by Crippen LogP contribution is -2.35. The van der Waals surface area contributed by atoms with Crippen LogP contribution in [0.4, 0.5) is 0 Å². The van der Waals surface area contributed by atoms with Crippen LogP contribution in [0, 0.1) is 24.2 Å². The van der Waals surface area contributed by atoms with Crippen molar-refractivity contribution in [2.75, 3.05) is 13.1 Å². The van der Waals surface area contributed by atoms with Crippen LogP contribution in [0.2, 0.25) is 5.02 Å². The number of hydrogen-bond donors (Lipinski definition) is 0. The number of aryl methyl sites for hydroxylation is 1. The van der Waals surface area contributed by atoms with Crippen LogP contribution in [0.15, 0.2) is 18.2 Å². The molecule has 0 aliphatic heterocycles. The van der Waals surface area contributed by atoms with Gasteiger partial charge in [0.15, 0.2) is 0 Å². The molecule has 0 aliphatic carbocycles. The van der Waals surface area contributed by atoms with Gasteiger partial charge in [0.1, 0.15) is 0 Å². The maximum atomic E-state index is 12.4. The second kappa shape index (κ2) is 7.16. The van der Waals surface area contributed by atoms with Crippen LogP contribution < -0.4 is 0 Å². The van der Waals surface area contributed by atoms with Gasteiger partial charge in [0.2, 0.25) is 0 Å². The standard InChI is InChI=1S/C15H19ClN2O/c1-11(2)10-18(8-4-7-17)15(19)13-5-6-14(16)12(3)9-13/h5-6,9,11H,4,8,10H2,1-3H3. The second-order valence-corrected chi connectivity index (χ2v) is 5.42. The summed E-state index contributed by atoms with van der Waals surface area (Å²) in [4.78, 5) is 14.2. The highest BCUT2D eigenvalue weighted by atomic mass is 35.5. The van der Waals surface area contributed by atoms with Gasteiger partial charge >= 0.3 is 0 Å². The van der Waals surface area contributed by atoms with E-state index in [1.54, 1.807) is 23.1 Å². The summed E-state index contributed by atoms with van der Waals surface area (Å²) in [6, 6.07) is 7.35. The Morgan fingerprint density at radius 2 is 2.16 bits per heavy atom. The summed E-state index contributed by atoms with van der Waals surface area (Å²) in [6.07, 6.45) is 0.352. The zero-order chi connectivity index (χ0) is 14.4. The summed E-state index contributed by atoms with van der Waals surface area (Å²) in [5.41, 5.74) is 1.51. The minimum atomic E-state index is -0.0382. The third kappa shape index (κ3) is 4.57. The minimum absolute atomic E-state index is 0.0382. The molecule has 1 rings (SSSR count). The van der Waals surface area contributed by atoms with E-state index >= 15 is 0 Å². The van der Waals surface area contributed by atoms with Crippen LogP contribution >= 0.6 is 11.6 Å². The van der Waals surface area contributed by atoms with Crippen molar-refractivity contribution in [3.8, 4) is 6.07 Å². The van der Waals surface area contributed by atoms with Gasteiger partial charge in [-0.25, -0.2) is 0 Å². The fourth-order valence-corrected chi connectivity index (χ4v) is 1.98. The summed E-state index contributed by atoms with van der Waals surface area (Å²) in [6.45, 7) is 7.11. The first-order valence-corrected chi connectivity index (χ1v) is 6.76. The molecule has 19 heavy (non-hydrogen) atoms. The van der Waals surface area contributed by atoms with E-state index in [1.807, 2.05) is 6.92 Å². The number of carbonyl (C=O) groups is 1. The Bertz CT molecular complexity index is 491. The lowest BCUT2D eigenvalue weighted by Gasteiger charge is -2.24. The van der Waals surface area contributed by atoms with Crippen LogP contribution in [-0.2, 0) is 0 Å². The highest BCUT2D eigenvalue weighted by Gasteiger charge is 2.17. The maximum Gasteiger partial charge on any atom is 0.253 e. The molecule has 1 amide bonds. The average Bonchev–Trinajstić information content (AvgIpc) is 2.36. The van der Waals surface area contributed by atoms with E-state index in [4.69, 9.17) is 16.9 Å². The van der Waals surface area contributed by atoms with Crippen LogP contribution in [0.3, 0.4) is 0 Å². The van der Waals surface area contributed by atoms with Gasteiger partial charge in [-0.15, -0.1) is 0 Å². The fraction of sp³-hybridized carbons (Fsp3) is 0.467. The van der Waals surface area contributed by atoms with Gasteiger partial charge in [-0.2, -0.15) is 5.26 Å². The lowest BCUT2D eigenvalue weighted by molar-refractivity contribution is 0.0740. The molecule has 0 unspecified atom stereocenters. The van der Waals surface area contributed by atoms with E-state index in [9.17, 15) is 4.79 Å². The number of amides is 1. The Balaban J connectivity index is 2.91. The molecule has 0 radical (unpaired) electrons. The highest BCUT2D eigenvalue weighted by molar-refractivity contribution is 6.31. The summed E-state index contributed by atoms with van der Waals surface area (Å²) in [5, 5.41) is 9.33. The molecule has 0 fully saturated rings. The molecule has 0 saturated heterocycles. The normalized spacial score (nSPS) is 10.3. The molecule has 0 aliphatic rings. The monoisotopic (exact) mass is 278 g/mol. The summed E-state index contributed by atoms with van der Waals surface area (Å²) >= 11 is 5.96. The van der Waals surface area contributed by atoms with Crippen molar-refractivity contribution in [2.24, 2.45) is 5.92 Å². The molecule has 0 atom stereocenters. The SMILES string of the molecule is Cc1cc(C(=O)N(CCC#N)CC(C)C)ccc1Cl. The summed E-state index contributed by atoms with van der Waals surface area (Å²) in [7, 11) is 0. The van der Waals surface area contributed by atoms with Gasteiger partial charge in [-0.1, -0.05) is 25.4 Å². The van der Waals surface area contributed by atoms with Crippen molar-refractivity contribution in [2.45, 2.75) is 27.2 Å². The van der Waals surface area contributed by atoms with Crippen molar-refractivity contribution in [3.05, 3.63) is 34.3 Å². The van der Waals surface area contributed by atoms with Crippen molar-refractivity contribution < 1.29 is 4.79 Å². The zero-order valence-electron chi connectivity index (χ0n) is 11.6. The quantitative estimate of drug-likeness (QED) is 0.825. The Kier molecular flexibility index (Phi) is 5.85. The Hall–Kier alpha value is -1.53. The van der Waals surface area contributed by atoms with Gasteiger partial charge in [0.05, 0.1) is 12.5 Å². The minimum Gasteiger partial charge on any atom is -0.337 e. The topological polar surface area (TPSA) is 44.1 Å². The van der Waals surface area contributed by atoms with Crippen molar-refractivity contribution in [3.63, 3.8) is 0 Å². The average molecular weight is 279 g/mol. The molecule has 0 saturated carbocycles. The van der Waals surface area contributed by atoms with E-state index in [1.165, 1.54) is 0 Å². The molecule has 1 aromatic carbocycles. The zero-order valence-corrected chi connectivity index (χ0v) is 12.4. The van der Waals surface area contributed by atoms with Gasteiger partial charge in [-0.05, 0) is 36.6 Å². The molecule has 4 heteroatoms. The van der Waals surface area contributed by atoms with Gasteiger partial charge in [-0.3, -0.25) is 4.79 Å². The van der Waals surface area contributed by atoms with Crippen LogP contribution in [-0.4, -0.2) is 23.9 Å². The van der Waals surface area contributed by atoms with E-state index in [-0.39, 0.29) is 5.91 Å². The molecule has 1 aromatic rings. The van der Waals surface area contributed by atoms with Gasteiger partial charge < -0.3 is 4.90 Å². The number of nitriles is 1. The maximum absolute atomic E-state index is 12.4. The molecule has 0 heterocycles. The highest BCUT2D eigenvalue weighted by Crippen LogP contribution is 2.18. The first-order valence-electron chi connectivity index (χ1n) is 6.38. The van der Waals surface area contributed by atoms with E-state index in [0.717, 1.165) is 5.56 Å². The molecule has 0 N–H and O–H groups in total. The van der Waals surface area contributed by atoms with Crippen molar-refractivity contribution in [1.82, 2.24) is 4.90 Å². The molecule has 0 spiro atoms. The smallest absolute Gasteiger partial charge is 0.253 e. The molecule has 0 aromatic heterocycles. The number of hydrogen-bond acceptors (Lipinski definition) is 2. The fourth-order valence-electron chi connectivity index (χ4n) is 1.86. The van der Waals surface area contributed by atoms with Crippen LogP contribution in [0.25, 0.3) is 0 Å². The number of nitrogens with zero attached hydrogens (tertiary/aromatic N) is 2. The summed E-state index contributed by atoms with van der Waals surface area (Å²) in [5.74, 6) is 0.333. The molecular weight excluding hydrogens is 260 g/mol. The van der Waals surface area contributed by atoms with E-state index in [2.05, 4.69) is 19.9 Å². The van der Waals surface area contributed by atoms with Gasteiger partial charge in [0, 0.05) is 23.7 Å². The Morgan fingerprint density at radius 1 is 1.47 bits per heavy atom. The Labute approximate surface area is 119 Å². The third-order valence-corrected chi connectivity index (χ3v) is 3.20. The lowest BCUT2D eigenvalue weighted by atomic mass is 10.1. The van der Waals surface area contributed by atoms with Crippen molar-refractivity contribution in [1.29, 1.82) is 5.26 Å². The van der Waals surface area contributed by atoms with Crippen LogP contribution in [0.5, 0.6) is 0 Å².